The van der Waals surface area contributed by atoms with Gasteiger partial charge in [-0.3, -0.25) is 0 Å². The zero-order chi connectivity index (χ0) is 10.6. The lowest BCUT2D eigenvalue weighted by Gasteiger charge is -2.25. The molecule has 0 radical (unpaired) electrons. The molecule has 88 valence electrons. The van der Waals surface area contributed by atoms with Gasteiger partial charge in [-0.25, -0.2) is 0 Å². The predicted octanol–water partition coefficient (Wildman–Crippen LogP) is 0.881. The van der Waals surface area contributed by atoms with Gasteiger partial charge in [0.1, 0.15) is 0 Å². The zero-order valence-corrected chi connectivity index (χ0v) is 9.60. The van der Waals surface area contributed by atoms with E-state index in [9.17, 15) is 0 Å². The van der Waals surface area contributed by atoms with Crippen molar-refractivity contribution in [2.45, 2.75) is 44.6 Å². The van der Waals surface area contributed by atoms with E-state index in [4.69, 9.17) is 5.11 Å². The molecule has 0 aromatic rings. The monoisotopic (exact) mass is 212 g/mol. The third-order valence-corrected chi connectivity index (χ3v) is 3.90. The maximum absolute atomic E-state index is 8.95. The zero-order valence-electron chi connectivity index (χ0n) is 9.60. The molecule has 1 saturated carbocycles. The second kappa shape index (κ2) is 5.28. The first-order valence-electron chi connectivity index (χ1n) is 6.40. The van der Waals surface area contributed by atoms with Gasteiger partial charge in [0.15, 0.2) is 0 Å². The number of aliphatic hydroxyl groups is 1. The average Bonchev–Trinajstić information content (AvgIpc) is 3.00. The fourth-order valence-electron chi connectivity index (χ4n) is 2.54. The highest BCUT2D eigenvalue weighted by Gasteiger charge is 2.41. The molecule has 0 spiro atoms. The first-order valence-corrected chi connectivity index (χ1v) is 6.40. The van der Waals surface area contributed by atoms with Crippen LogP contribution in [-0.4, -0.2) is 37.4 Å². The van der Waals surface area contributed by atoms with Crippen LogP contribution in [0.2, 0.25) is 0 Å². The van der Waals surface area contributed by atoms with Gasteiger partial charge in [0.05, 0.1) is 0 Å². The summed E-state index contributed by atoms with van der Waals surface area (Å²) in [4.78, 5) is 0. The van der Waals surface area contributed by atoms with E-state index in [2.05, 4.69) is 10.6 Å². The average molecular weight is 212 g/mol. The highest BCUT2D eigenvalue weighted by atomic mass is 16.3. The summed E-state index contributed by atoms with van der Waals surface area (Å²) in [7, 11) is 0. The molecule has 1 aliphatic carbocycles. The van der Waals surface area contributed by atoms with Gasteiger partial charge in [-0.15, -0.1) is 0 Å². The van der Waals surface area contributed by atoms with Gasteiger partial charge in [0.25, 0.3) is 0 Å². The summed E-state index contributed by atoms with van der Waals surface area (Å²) in [5.41, 5.74) is 0.462. The van der Waals surface area contributed by atoms with Crippen LogP contribution in [0.5, 0.6) is 0 Å². The molecular formula is C12H24N2O. The summed E-state index contributed by atoms with van der Waals surface area (Å²) in [6.45, 7) is 3.75. The second-order valence-electron chi connectivity index (χ2n) is 5.25. The lowest BCUT2D eigenvalue weighted by atomic mass is 10.0. The molecule has 1 aliphatic heterocycles. The van der Waals surface area contributed by atoms with Crippen molar-refractivity contribution in [3.05, 3.63) is 0 Å². The highest BCUT2D eigenvalue weighted by Crippen LogP contribution is 2.47. The number of aliphatic hydroxyl groups excluding tert-OH is 1. The van der Waals surface area contributed by atoms with Gasteiger partial charge in [0.2, 0.25) is 0 Å². The minimum absolute atomic E-state index is 0.351. The van der Waals surface area contributed by atoms with Gasteiger partial charge < -0.3 is 15.7 Å². The summed E-state index contributed by atoms with van der Waals surface area (Å²) >= 11 is 0. The normalized spacial score (nSPS) is 29.0. The third-order valence-electron chi connectivity index (χ3n) is 3.90. The maximum Gasteiger partial charge on any atom is 0.0436 e. The third kappa shape index (κ3) is 3.44. The molecule has 1 saturated heterocycles. The van der Waals surface area contributed by atoms with Crippen LogP contribution >= 0.6 is 0 Å². The van der Waals surface area contributed by atoms with Gasteiger partial charge in [-0.1, -0.05) is 6.42 Å². The second-order valence-corrected chi connectivity index (χ2v) is 5.25. The molecule has 3 heteroatoms. The Morgan fingerprint density at radius 1 is 1.33 bits per heavy atom. The maximum atomic E-state index is 8.95. The summed E-state index contributed by atoms with van der Waals surface area (Å²) < 4.78 is 0. The minimum atomic E-state index is 0.351. The molecule has 0 aromatic heterocycles. The Balaban J connectivity index is 1.58. The molecule has 2 fully saturated rings. The van der Waals surface area contributed by atoms with Crippen molar-refractivity contribution in [3.63, 3.8) is 0 Å². The molecule has 0 amide bonds. The number of hydrogen-bond acceptors (Lipinski definition) is 3. The Morgan fingerprint density at radius 2 is 2.20 bits per heavy atom. The van der Waals surface area contributed by atoms with Crippen LogP contribution in [-0.2, 0) is 0 Å². The Bertz CT molecular complexity index is 186. The molecule has 0 bridgehead atoms. The lowest BCUT2D eigenvalue weighted by molar-refractivity contribution is 0.243. The van der Waals surface area contributed by atoms with E-state index < -0.39 is 0 Å². The number of rotatable bonds is 6. The summed E-state index contributed by atoms with van der Waals surface area (Å²) in [6, 6.07) is 0.684. The Kier molecular flexibility index (Phi) is 4.00. The highest BCUT2D eigenvalue weighted by molar-refractivity contribution is 4.94. The Hall–Kier alpha value is -0.120. The van der Waals surface area contributed by atoms with E-state index in [0.29, 0.717) is 18.1 Å². The van der Waals surface area contributed by atoms with Gasteiger partial charge in [-0.2, -0.15) is 0 Å². The molecule has 2 rings (SSSR count). The smallest absolute Gasteiger partial charge is 0.0436 e. The van der Waals surface area contributed by atoms with E-state index in [1.165, 1.54) is 38.6 Å². The van der Waals surface area contributed by atoms with Crippen LogP contribution in [0.15, 0.2) is 0 Å². The molecule has 0 aromatic carbocycles. The Morgan fingerprint density at radius 3 is 2.80 bits per heavy atom. The quantitative estimate of drug-likeness (QED) is 0.612. The van der Waals surface area contributed by atoms with Crippen molar-refractivity contribution >= 4 is 0 Å². The number of nitrogens with one attached hydrogen (secondary N) is 2. The van der Waals surface area contributed by atoms with Crippen LogP contribution in [0.4, 0.5) is 0 Å². The topological polar surface area (TPSA) is 44.3 Å². The summed E-state index contributed by atoms with van der Waals surface area (Å²) in [5.74, 6) is 0. The van der Waals surface area contributed by atoms with E-state index in [1.54, 1.807) is 0 Å². The van der Waals surface area contributed by atoms with Crippen LogP contribution < -0.4 is 10.6 Å². The van der Waals surface area contributed by atoms with Crippen LogP contribution in [0.1, 0.15) is 38.5 Å². The van der Waals surface area contributed by atoms with Gasteiger partial charge >= 0.3 is 0 Å². The standard InChI is InChI=1S/C12H24N2O/c15-8-6-12(4-5-12)10-13-9-11-3-1-2-7-14-11/h11,13-15H,1-10H2. The van der Waals surface area contributed by atoms with E-state index in [1.807, 2.05) is 0 Å². The Labute approximate surface area is 92.6 Å². The fraction of sp³-hybridized carbons (Fsp3) is 1.00. The largest absolute Gasteiger partial charge is 0.396 e. The van der Waals surface area contributed by atoms with E-state index in [-0.39, 0.29) is 0 Å². The van der Waals surface area contributed by atoms with Crippen molar-refractivity contribution in [1.29, 1.82) is 0 Å². The van der Waals surface area contributed by atoms with Gasteiger partial charge in [-0.05, 0) is 44.1 Å². The first-order chi connectivity index (χ1) is 7.35. The van der Waals surface area contributed by atoms with Crippen LogP contribution in [0, 0.1) is 5.41 Å². The van der Waals surface area contributed by atoms with E-state index >= 15 is 0 Å². The van der Waals surface area contributed by atoms with Crippen molar-refractivity contribution in [3.8, 4) is 0 Å². The molecule has 1 unspecified atom stereocenters. The molecule has 15 heavy (non-hydrogen) atoms. The molecule has 1 atom stereocenters. The fourth-order valence-corrected chi connectivity index (χ4v) is 2.54. The predicted molar refractivity (Wildman–Crippen MR) is 61.9 cm³/mol. The van der Waals surface area contributed by atoms with Crippen molar-refractivity contribution in [2.24, 2.45) is 5.41 Å². The molecule has 2 aliphatic rings. The number of piperidine rings is 1. The lowest BCUT2D eigenvalue weighted by Crippen LogP contribution is -2.43. The van der Waals surface area contributed by atoms with Crippen LogP contribution in [0.3, 0.4) is 0 Å². The van der Waals surface area contributed by atoms with Gasteiger partial charge in [0, 0.05) is 25.7 Å². The SMILES string of the molecule is OCCC1(CNCC2CCCCN2)CC1. The summed E-state index contributed by atoms with van der Waals surface area (Å²) in [6.07, 6.45) is 7.63. The van der Waals surface area contributed by atoms with Crippen molar-refractivity contribution in [2.75, 3.05) is 26.2 Å². The molecular weight excluding hydrogens is 188 g/mol. The number of hydrogen-bond donors (Lipinski definition) is 3. The van der Waals surface area contributed by atoms with Crippen molar-refractivity contribution < 1.29 is 5.11 Å². The van der Waals surface area contributed by atoms with Crippen LogP contribution in [0.25, 0.3) is 0 Å². The minimum Gasteiger partial charge on any atom is -0.396 e. The molecule has 1 heterocycles. The van der Waals surface area contributed by atoms with E-state index in [0.717, 1.165) is 19.5 Å². The molecule has 3 N–H and O–H groups in total. The summed E-state index contributed by atoms with van der Waals surface area (Å²) in [5, 5.41) is 16.1. The van der Waals surface area contributed by atoms with Crippen molar-refractivity contribution in [1.82, 2.24) is 10.6 Å². The molecule has 3 nitrogen and oxygen atoms in total. The first kappa shape index (κ1) is 11.4.